The molecule has 7 atom stereocenters. The molecule has 2 aromatic rings. The van der Waals surface area contributed by atoms with Crippen molar-refractivity contribution in [2.45, 2.75) is 77.4 Å². The molecule has 12 heteroatoms. The molecule has 3 unspecified atom stereocenters. The highest BCUT2D eigenvalue weighted by molar-refractivity contribution is 6.32. The van der Waals surface area contributed by atoms with Crippen LogP contribution in [0.4, 0.5) is 0 Å². The average Bonchev–Trinajstić information content (AvgIpc) is 3.87. The SMILES string of the molecule is COC(=O)[C@H](C)CNC(=O)[C@@H](Cc1ccc(OC)c(Cl)c1)NC(=O)C=CCC(OC(=O)[C@@H](O)CC(C)C)[C@H](C)C1OC1c1ccccc1. The fourth-order valence-electron chi connectivity index (χ4n) is 5.26. The molecule has 0 radical (unpaired) electrons. The van der Waals surface area contributed by atoms with Crippen molar-refractivity contribution in [3.05, 3.63) is 76.8 Å². The molecule has 0 saturated carbocycles. The molecule has 2 amide bonds. The first kappa shape index (κ1) is 38.5. The van der Waals surface area contributed by atoms with Gasteiger partial charge in [0, 0.05) is 25.3 Å². The van der Waals surface area contributed by atoms with Crippen LogP contribution in [-0.4, -0.2) is 74.0 Å². The lowest BCUT2D eigenvalue weighted by Crippen LogP contribution is -2.49. The molecular weight excluding hydrogens is 640 g/mol. The Bertz CT molecular complexity index is 1420. The molecule has 1 aliphatic rings. The lowest BCUT2D eigenvalue weighted by molar-refractivity contribution is -0.162. The Labute approximate surface area is 287 Å². The Morgan fingerprint density at radius 3 is 2.35 bits per heavy atom. The van der Waals surface area contributed by atoms with Crippen molar-refractivity contribution in [2.24, 2.45) is 17.8 Å². The highest BCUT2D eigenvalue weighted by Gasteiger charge is 2.47. The number of rotatable bonds is 18. The van der Waals surface area contributed by atoms with Crippen LogP contribution >= 0.6 is 11.6 Å². The van der Waals surface area contributed by atoms with Crippen LogP contribution in [0.25, 0.3) is 0 Å². The summed E-state index contributed by atoms with van der Waals surface area (Å²) in [5.74, 6) is -2.57. The highest BCUT2D eigenvalue weighted by Crippen LogP contribution is 2.45. The summed E-state index contributed by atoms with van der Waals surface area (Å²) in [4.78, 5) is 51.0. The molecule has 1 heterocycles. The number of carbonyl (C=O) groups is 4. The summed E-state index contributed by atoms with van der Waals surface area (Å²) < 4.78 is 21.7. The number of epoxide rings is 1. The van der Waals surface area contributed by atoms with Crippen molar-refractivity contribution in [3.63, 3.8) is 0 Å². The molecule has 0 bridgehead atoms. The molecule has 1 aliphatic heterocycles. The van der Waals surface area contributed by atoms with Gasteiger partial charge in [-0.25, -0.2) is 4.79 Å². The van der Waals surface area contributed by atoms with Gasteiger partial charge in [0.05, 0.1) is 31.3 Å². The third-order valence-corrected chi connectivity index (χ3v) is 8.40. The number of benzene rings is 2. The largest absolute Gasteiger partial charge is 0.495 e. The van der Waals surface area contributed by atoms with Gasteiger partial charge < -0.3 is 34.7 Å². The van der Waals surface area contributed by atoms with Crippen molar-refractivity contribution in [2.75, 3.05) is 20.8 Å². The van der Waals surface area contributed by atoms with Gasteiger partial charge in [0.1, 0.15) is 24.0 Å². The fourth-order valence-corrected chi connectivity index (χ4v) is 5.54. The van der Waals surface area contributed by atoms with Crippen molar-refractivity contribution in [1.82, 2.24) is 10.6 Å². The quantitative estimate of drug-likeness (QED) is 0.118. The Balaban J connectivity index is 1.72. The summed E-state index contributed by atoms with van der Waals surface area (Å²) in [7, 11) is 2.76. The maximum absolute atomic E-state index is 13.2. The number of hydrogen-bond acceptors (Lipinski definition) is 9. The molecule has 0 aliphatic carbocycles. The summed E-state index contributed by atoms with van der Waals surface area (Å²) in [6.45, 7) is 7.34. The molecule has 2 aromatic carbocycles. The van der Waals surface area contributed by atoms with Crippen molar-refractivity contribution in [3.8, 4) is 5.75 Å². The average molecular weight is 687 g/mol. The van der Waals surface area contributed by atoms with Crippen molar-refractivity contribution >= 4 is 35.4 Å². The van der Waals surface area contributed by atoms with E-state index in [2.05, 4.69) is 10.6 Å². The zero-order valence-corrected chi connectivity index (χ0v) is 29.1. The first-order valence-electron chi connectivity index (χ1n) is 16.1. The van der Waals surface area contributed by atoms with Gasteiger partial charge in [0.15, 0.2) is 6.10 Å². The Morgan fingerprint density at radius 2 is 1.73 bits per heavy atom. The Kier molecular flexibility index (Phi) is 14.9. The first-order valence-corrected chi connectivity index (χ1v) is 16.5. The number of ether oxygens (including phenoxy) is 4. The second kappa shape index (κ2) is 18.6. The van der Waals surface area contributed by atoms with E-state index in [1.165, 1.54) is 20.3 Å². The molecule has 1 fully saturated rings. The smallest absolute Gasteiger partial charge is 0.335 e. The van der Waals surface area contributed by atoms with E-state index in [9.17, 15) is 24.3 Å². The number of nitrogens with one attached hydrogen (secondary N) is 2. The molecule has 3 N–H and O–H groups in total. The van der Waals surface area contributed by atoms with Crippen LogP contribution in [0.15, 0.2) is 60.7 Å². The van der Waals surface area contributed by atoms with E-state index in [0.29, 0.717) is 16.3 Å². The van der Waals surface area contributed by atoms with Gasteiger partial charge >= 0.3 is 11.9 Å². The van der Waals surface area contributed by atoms with Crippen LogP contribution in [0.5, 0.6) is 5.75 Å². The molecule has 11 nitrogen and oxygen atoms in total. The van der Waals surface area contributed by atoms with E-state index in [-0.39, 0.29) is 49.9 Å². The Hall–Kier alpha value is -3.93. The minimum atomic E-state index is -1.27. The predicted molar refractivity (Wildman–Crippen MR) is 180 cm³/mol. The van der Waals surface area contributed by atoms with Crippen LogP contribution in [0, 0.1) is 17.8 Å². The van der Waals surface area contributed by atoms with Gasteiger partial charge in [-0.15, -0.1) is 0 Å². The third-order valence-electron chi connectivity index (χ3n) is 8.11. The summed E-state index contributed by atoms with van der Waals surface area (Å²) in [5.41, 5.74) is 1.68. The number of methoxy groups -OCH3 is 2. The van der Waals surface area contributed by atoms with Crippen LogP contribution in [-0.2, 0) is 39.8 Å². The van der Waals surface area contributed by atoms with E-state index in [0.717, 1.165) is 5.56 Å². The van der Waals surface area contributed by atoms with E-state index < -0.39 is 47.9 Å². The highest BCUT2D eigenvalue weighted by atomic mass is 35.5. The maximum Gasteiger partial charge on any atom is 0.335 e. The number of aliphatic hydroxyl groups is 1. The predicted octanol–water partition coefficient (Wildman–Crippen LogP) is 4.34. The van der Waals surface area contributed by atoms with Gasteiger partial charge in [0.2, 0.25) is 11.8 Å². The molecule has 48 heavy (non-hydrogen) atoms. The Morgan fingerprint density at radius 1 is 1.02 bits per heavy atom. The van der Waals surface area contributed by atoms with Crippen molar-refractivity contribution < 1.29 is 43.2 Å². The molecular formula is C36H47ClN2O9. The number of aliphatic hydroxyl groups excluding tert-OH is 1. The van der Waals surface area contributed by atoms with Crippen LogP contribution in [0.3, 0.4) is 0 Å². The van der Waals surface area contributed by atoms with Crippen LogP contribution in [0.1, 0.15) is 57.8 Å². The zero-order chi connectivity index (χ0) is 35.4. The van der Waals surface area contributed by atoms with Crippen LogP contribution in [0.2, 0.25) is 5.02 Å². The van der Waals surface area contributed by atoms with E-state index in [4.69, 9.17) is 30.5 Å². The van der Waals surface area contributed by atoms with Gasteiger partial charge in [-0.2, -0.15) is 0 Å². The maximum atomic E-state index is 13.2. The zero-order valence-electron chi connectivity index (χ0n) is 28.3. The van der Waals surface area contributed by atoms with Gasteiger partial charge in [-0.1, -0.05) is 81.8 Å². The standard InChI is InChI=1S/C36H47ClN2O9/c1-21(2)17-28(40)36(44)47-29(23(4)32-33(48-32)25-11-8-7-9-12-25)13-10-14-31(41)39-27(34(42)38-20-22(3)35(43)46-6)19-24-15-16-30(45-5)26(37)18-24/h7-12,14-16,18,21-23,27-29,32-33,40H,13,17,19-20H2,1-6H3,(H,38,42)(H,39,41)/t22-,23+,27-,28+,29?,32?,33?/m1/s1. The number of amides is 2. The van der Waals surface area contributed by atoms with Gasteiger partial charge in [-0.05, 0) is 41.7 Å². The normalized spacial score (nSPS) is 18.7. The number of esters is 2. The number of carbonyl (C=O) groups excluding carboxylic acids is 4. The lowest BCUT2D eigenvalue weighted by Gasteiger charge is -2.24. The topological polar surface area (TPSA) is 153 Å². The molecule has 1 saturated heterocycles. The van der Waals surface area contributed by atoms with Crippen LogP contribution < -0.4 is 15.4 Å². The van der Waals surface area contributed by atoms with Gasteiger partial charge in [-0.3, -0.25) is 14.4 Å². The first-order chi connectivity index (χ1) is 22.8. The number of hydrogen-bond donors (Lipinski definition) is 3. The second-order valence-corrected chi connectivity index (χ2v) is 12.9. The molecule has 0 aromatic heterocycles. The second-order valence-electron chi connectivity index (χ2n) is 12.5. The van der Waals surface area contributed by atoms with E-state index in [1.807, 2.05) is 51.1 Å². The summed E-state index contributed by atoms with van der Waals surface area (Å²) in [6.07, 6.45) is 1.04. The fraction of sp³-hybridized carbons (Fsp3) is 0.500. The molecule has 262 valence electrons. The lowest BCUT2D eigenvalue weighted by atomic mass is 9.93. The summed E-state index contributed by atoms with van der Waals surface area (Å²) >= 11 is 6.29. The number of halogens is 1. The summed E-state index contributed by atoms with van der Waals surface area (Å²) in [5, 5.41) is 16.2. The molecule has 3 rings (SSSR count). The van der Waals surface area contributed by atoms with E-state index in [1.54, 1.807) is 31.2 Å². The minimum Gasteiger partial charge on any atom is -0.495 e. The van der Waals surface area contributed by atoms with Crippen molar-refractivity contribution in [1.29, 1.82) is 0 Å². The summed E-state index contributed by atoms with van der Waals surface area (Å²) in [6, 6.07) is 13.8. The minimum absolute atomic E-state index is 0.0118. The monoisotopic (exact) mass is 686 g/mol. The third kappa shape index (κ3) is 11.6. The van der Waals surface area contributed by atoms with E-state index >= 15 is 0 Å². The van der Waals surface area contributed by atoms with Gasteiger partial charge in [0.25, 0.3) is 0 Å². The molecule has 0 spiro atoms.